The summed E-state index contributed by atoms with van der Waals surface area (Å²) in [7, 11) is -3.52. The summed E-state index contributed by atoms with van der Waals surface area (Å²) < 4.78 is 30.0. The molecule has 3 rings (SSSR count). The summed E-state index contributed by atoms with van der Waals surface area (Å²) in [6.07, 6.45) is 0.238. The fourth-order valence-corrected chi connectivity index (χ4v) is 4.76. The van der Waals surface area contributed by atoms with E-state index in [4.69, 9.17) is 4.42 Å². The minimum atomic E-state index is -3.52. The second-order valence-corrected chi connectivity index (χ2v) is 10.7. The standard InChI is InChI=1S/C21H23N3O4S2/c1-15(2)29-17-10-8-16(9-11-17)14-20-23-24-21(28-20)22-19(25)12-13-30(26,27)18-6-4-3-5-7-18/h3-11,15H,12-14H2,1-2H3,(H,22,24,25). The Balaban J connectivity index is 1.52. The van der Waals surface area contributed by atoms with Crippen LogP contribution in [0, 0.1) is 0 Å². The van der Waals surface area contributed by atoms with Gasteiger partial charge in [-0.25, -0.2) is 8.42 Å². The van der Waals surface area contributed by atoms with Crippen molar-refractivity contribution in [1.82, 2.24) is 10.2 Å². The number of nitrogens with one attached hydrogen (secondary N) is 1. The van der Waals surface area contributed by atoms with E-state index < -0.39 is 15.7 Å². The van der Waals surface area contributed by atoms with Gasteiger partial charge in [0.2, 0.25) is 11.8 Å². The lowest BCUT2D eigenvalue weighted by atomic mass is 10.1. The summed E-state index contributed by atoms with van der Waals surface area (Å²) in [5.41, 5.74) is 1.01. The quantitative estimate of drug-likeness (QED) is 0.497. The summed E-state index contributed by atoms with van der Waals surface area (Å²) in [4.78, 5) is 13.5. The molecule has 0 spiro atoms. The van der Waals surface area contributed by atoms with Gasteiger partial charge in [-0.1, -0.05) is 49.3 Å². The molecule has 158 valence electrons. The van der Waals surface area contributed by atoms with Crippen LogP contribution in [0.25, 0.3) is 0 Å². The first-order chi connectivity index (χ1) is 14.3. The lowest BCUT2D eigenvalue weighted by Crippen LogP contribution is -2.17. The summed E-state index contributed by atoms with van der Waals surface area (Å²) in [5, 5.41) is 10.7. The van der Waals surface area contributed by atoms with Crippen LogP contribution in [0.2, 0.25) is 0 Å². The van der Waals surface area contributed by atoms with Crippen LogP contribution in [-0.2, 0) is 21.1 Å². The number of hydrogen-bond donors (Lipinski definition) is 1. The SMILES string of the molecule is CC(C)Sc1ccc(Cc2nnc(NC(=O)CCS(=O)(=O)c3ccccc3)o2)cc1. The normalized spacial score (nSPS) is 11.6. The van der Waals surface area contributed by atoms with E-state index in [1.54, 1.807) is 30.0 Å². The van der Waals surface area contributed by atoms with Crippen molar-refractivity contribution in [3.8, 4) is 0 Å². The average molecular weight is 446 g/mol. The first-order valence-corrected chi connectivity index (χ1v) is 12.0. The van der Waals surface area contributed by atoms with Gasteiger partial charge in [-0.3, -0.25) is 10.1 Å². The number of carbonyl (C=O) groups is 1. The molecule has 0 fully saturated rings. The van der Waals surface area contributed by atoms with Crippen LogP contribution in [0.5, 0.6) is 0 Å². The number of anilines is 1. The third kappa shape index (κ3) is 6.43. The fourth-order valence-electron chi connectivity index (χ4n) is 2.66. The lowest BCUT2D eigenvalue weighted by Gasteiger charge is -2.05. The molecule has 0 unspecified atom stereocenters. The molecule has 1 amide bonds. The van der Waals surface area contributed by atoms with E-state index in [0.29, 0.717) is 17.6 Å². The van der Waals surface area contributed by atoms with E-state index in [-0.39, 0.29) is 23.1 Å². The molecule has 2 aromatic carbocycles. The number of rotatable bonds is 9. The van der Waals surface area contributed by atoms with E-state index >= 15 is 0 Å². The topological polar surface area (TPSA) is 102 Å². The number of sulfone groups is 1. The highest BCUT2D eigenvalue weighted by atomic mass is 32.2. The molecular weight excluding hydrogens is 422 g/mol. The average Bonchev–Trinajstić information content (AvgIpc) is 3.15. The molecule has 0 atom stereocenters. The number of amides is 1. The number of nitrogens with zero attached hydrogens (tertiary/aromatic N) is 2. The van der Waals surface area contributed by atoms with Gasteiger partial charge in [0, 0.05) is 16.6 Å². The predicted octanol–water partition coefficient (Wildman–Crippen LogP) is 3.96. The van der Waals surface area contributed by atoms with E-state index in [9.17, 15) is 13.2 Å². The van der Waals surface area contributed by atoms with Gasteiger partial charge < -0.3 is 4.42 Å². The molecule has 7 nitrogen and oxygen atoms in total. The molecule has 0 saturated heterocycles. The minimum absolute atomic E-state index is 0.0425. The second-order valence-electron chi connectivity index (χ2n) is 6.92. The molecule has 30 heavy (non-hydrogen) atoms. The largest absolute Gasteiger partial charge is 0.407 e. The number of carbonyl (C=O) groups excluding carboxylic acids is 1. The summed E-state index contributed by atoms with van der Waals surface area (Å²) >= 11 is 1.79. The highest BCUT2D eigenvalue weighted by Crippen LogP contribution is 2.23. The maximum absolute atomic E-state index is 12.2. The van der Waals surface area contributed by atoms with Gasteiger partial charge in [0.25, 0.3) is 0 Å². The highest BCUT2D eigenvalue weighted by Gasteiger charge is 2.17. The van der Waals surface area contributed by atoms with E-state index in [0.717, 1.165) is 5.56 Å². The van der Waals surface area contributed by atoms with Crippen molar-refractivity contribution in [1.29, 1.82) is 0 Å². The molecule has 9 heteroatoms. The predicted molar refractivity (Wildman–Crippen MR) is 116 cm³/mol. The van der Waals surface area contributed by atoms with Crippen LogP contribution in [-0.4, -0.2) is 35.5 Å². The van der Waals surface area contributed by atoms with Gasteiger partial charge in [-0.2, -0.15) is 0 Å². The zero-order valence-corrected chi connectivity index (χ0v) is 18.4. The van der Waals surface area contributed by atoms with Crippen molar-refractivity contribution >= 4 is 33.5 Å². The van der Waals surface area contributed by atoms with Gasteiger partial charge in [0.1, 0.15) is 0 Å². The van der Waals surface area contributed by atoms with Crippen LogP contribution in [0.1, 0.15) is 31.7 Å². The molecule has 0 aliphatic rings. The lowest BCUT2D eigenvalue weighted by molar-refractivity contribution is -0.116. The van der Waals surface area contributed by atoms with Gasteiger partial charge >= 0.3 is 6.01 Å². The molecule has 0 aliphatic carbocycles. The molecule has 0 radical (unpaired) electrons. The Labute approximate surface area is 180 Å². The summed E-state index contributed by atoms with van der Waals surface area (Å²) in [6, 6.07) is 16.1. The first kappa shape index (κ1) is 22.0. The Morgan fingerprint density at radius 1 is 1.07 bits per heavy atom. The van der Waals surface area contributed by atoms with Gasteiger partial charge in [-0.05, 0) is 29.8 Å². The summed E-state index contributed by atoms with van der Waals surface area (Å²) in [5.74, 6) is -0.434. The zero-order valence-electron chi connectivity index (χ0n) is 16.7. The van der Waals surface area contributed by atoms with Gasteiger partial charge in [0.05, 0.1) is 17.1 Å². The number of hydrogen-bond acceptors (Lipinski definition) is 7. The second kappa shape index (κ2) is 9.90. The third-order valence-corrected chi connectivity index (χ3v) is 6.81. The molecule has 1 heterocycles. The fraction of sp³-hybridized carbons (Fsp3) is 0.286. The monoisotopic (exact) mass is 445 g/mol. The molecular formula is C21H23N3O4S2. The smallest absolute Gasteiger partial charge is 0.322 e. The van der Waals surface area contributed by atoms with Crippen molar-refractivity contribution in [3.05, 3.63) is 66.1 Å². The first-order valence-electron chi connectivity index (χ1n) is 9.47. The number of thioether (sulfide) groups is 1. The maximum Gasteiger partial charge on any atom is 0.322 e. The summed E-state index contributed by atoms with van der Waals surface area (Å²) in [6.45, 7) is 4.29. The van der Waals surface area contributed by atoms with Crippen LogP contribution < -0.4 is 5.32 Å². The van der Waals surface area contributed by atoms with Crippen molar-refractivity contribution in [3.63, 3.8) is 0 Å². The van der Waals surface area contributed by atoms with Crippen molar-refractivity contribution in [2.24, 2.45) is 0 Å². The van der Waals surface area contributed by atoms with Crippen molar-refractivity contribution in [2.45, 2.75) is 41.7 Å². The van der Waals surface area contributed by atoms with E-state index in [1.807, 2.05) is 24.3 Å². The van der Waals surface area contributed by atoms with E-state index in [2.05, 4.69) is 29.4 Å². The molecule has 0 aliphatic heterocycles. The minimum Gasteiger partial charge on any atom is -0.407 e. The Morgan fingerprint density at radius 2 is 1.77 bits per heavy atom. The van der Waals surface area contributed by atoms with E-state index in [1.165, 1.54) is 17.0 Å². The molecule has 1 N–H and O–H groups in total. The maximum atomic E-state index is 12.2. The Kier molecular flexibility index (Phi) is 7.28. The van der Waals surface area contributed by atoms with Crippen LogP contribution >= 0.6 is 11.8 Å². The Morgan fingerprint density at radius 3 is 2.43 bits per heavy atom. The number of aromatic nitrogens is 2. The van der Waals surface area contributed by atoms with Crippen molar-refractivity contribution in [2.75, 3.05) is 11.1 Å². The molecule has 1 aromatic heterocycles. The zero-order chi connectivity index (χ0) is 21.6. The molecule has 0 saturated carbocycles. The Bertz CT molecular complexity index is 1080. The molecule has 0 bridgehead atoms. The van der Waals surface area contributed by atoms with Gasteiger partial charge in [0.15, 0.2) is 9.84 Å². The Hall–Kier alpha value is -2.65. The van der Waals surface area contributed by atoms with Crippen LogP contribution in [0.15, 0.2) is 68.8 Å². The highest BCUT2D eigenvalue weighted by molar-refractivity contribution is 7.99. The third-order valence-electron chi connectivity index (χ3n) is 4.06. The number of benzene rings is 2. The van der Waals surface area contributed by atoms with Crippen LogP contribution in [0.3, 0.4) is 0 Å². The van der Waals surface area contributed by atoms with Crippen molar-refractivity contribution < 1.29 is 17.6 Å². The molecule has 3 aromatic rings. The van der Waals surface area contributed by atoms with Crippen LogP contribution in [0.4, 0.5) is 6.01 Å². The van der Waals surface area contributed by atoms with Gasteiger partial charge in [-0.15, -0.1) is 16.9 Å².